The average Bonchev–Trinajstić information content (AvgIpc) is 2.18. The van der Waals surface area contributed by atoms with Crippen LogP contribution in [0.5, 0.6) is 0 Å². The molecule has 1 rings (SSSR count). The van der Waals surface area contributed by atoms with E-state index in [4.69, 9.17) is 10.8 Å². The second-order valence-electron chi connectivity index (χ2n) is 3.42. The van der Waals surface area contributed by atoms with E-state index in [1.807, 2.05) is 0 Å². The third kappa shape index (κ3) is 2.74. The minimum Gasteiger partial charge on any atom is -0.396 e. The van der Waals surface area contributed by atoms with Crippen molar-refractivity contribution in [2.45, 2.75) is 19.4 Å². The number of nitrogens with zero attached hydrogens (tertiary/aromatic N) is 1. The quantitative estimate of drug-likeness (QED) is 0.578. The molecule has 0 aliphatic heterocycles. The van der Waals surface area contributed by atoms with Crippen LogP contribution in [0.2, 0.25) is 0 Å². The van der Waals surface area contributed by atoms with Gasteiger partial charge in [0.05, 0.1) is 4.92 Å². The molecule has 0 aromatic heterocycles. The van der Waals surface area contributed by atoms with E-state index in [2.05, 4.69) is 0 Å². The number of aliphatic hydroxyl groups is 1. The highest BCUT2D eigenvalue weighted by Crippen LogP contribution is 2.23. The van der Waals surface area contributed by atoms with Crippen LogP contribution in [0.15, 0.2) is 18.2 Å². The van der Waals surface area contributed by atoms with Crippen LogP contribution in [0.25, 0.3) is 0 Å². The molecule has 0 heterocycles. The predicted molar refractivity (Wildman–Crippen MR) is 56.5 cm³/mol. The molecule has 82 valence electrons. The maximum Gasteiger partial charge on any atom is 0.272 e. The Labute approximate surface area is 87.7 Å². The Kier molecular flexibility index (Phi) is 3.76. The van der Waals surface area contributed by atoms with E-state index in [9.17, 15) is 10.1 Å². The Morgan fingerprint density at radius 2 is 2.27 bits per heavy atom. The summed E-state index contributed by atoms with van der Waals surface area (Å²) in [5, 5.41) is 19.4. The second kappa shape index (κ2) is 4.86. The fourth-order valence-electron chi connectivity index (χ4n) is 1.36. The topological polar surface area (TPSA) is 89.4 Å². The van der Waals surface area contributed by atoms with Crippen LogP contribution in [-0.2, 0) is 0 Å². The molecule has 0 radical (unpaired) electrons. The number of aryl methyl sites for hydroxylation is 1. The van der Waals surface area contributed by atoms with Crippen LogP contribution in [0.4, 0.5) is 5.69 Å². The first-order valence-corrected chi connectivity index (χ1v) is 4.67. The molecule has 0 saturated carbocycles. The van der Waals surface area contributed by atoms with E-state index < -0.39 is 4.92 Å². The number of rotatable bonds is 4. The van der Waals surface area contributed by atoms with Gasteiger partial charge in [-0.2, -0.15) is 0 Å². The lowest BCUT2D eigenvalue weighted by Crippen LogP contribution is -2.12. The zero-order valence-electron chi connectivity index (χ0n) is 8.51. The van der Waals surface area contributed by atoms with Gasteiger partial charge in [0.1, 0.15) is 0 Å². The predicted octanol–water partition coefficient (Wildman–Crippen LogP) is 1.29. The van der Waals surface area contributed by atoms with Crippen molar-refractivity contribution in [2.75, 3.05) is 6.61 Å². The van der Waals surface area contributed by atoms with Crippen LogP contribution in [0, 0.1) is 17.0 Å². The first kappa shape index (κ1) is 11.6. The number of nitro groups is 1. The monoisotopic (exact) mass is 210 g/mol. The van der Waals surface area contributed by atoms with Crippen molar-refractivity contribution >= 4 is 5.69 Å². The summed E-state index contributed by atoms with van der Waals surface area (Å²) in [7, 11) is 0. The molecule has 0 bridgehead atoms. The Balaban J connectivity index is 3.02. The highest BCUT2D eigenvalue weighted by atomic mass is 16.6. The summed E-state index contributed by atoms with van der Waals surface area (Å²) < 4.78 is 0. The summed E-state index contributed by atoms with van der Waals surface area (Å²) in [6.45, 7) is 1.66. The number of nitrogens with two attached hydrogens (primary N) is 1. The molecule has 0 aliphatic rings. The first-order chi connectivity index (χ1) is 7.06. The summed E-state index contributed by atoms with van der Waals surface area (Å²) in [5.74, 6) is 0. The number of nitro benzene ring substituents is 1. The van der Waals surface area contributed by atoms with Crippen molar-refractivity contribution in [1.82, 2.24) is 0 Å². The fourth-order valence-corrected chi connectivity index (χ4v) is 1.36. The van der Waals surface area contributed by atoms with Gasteiger partial charge in [-0.15, -0.1) is 0 Å². The summed E-state index contributed by atoms with van der Waals surface area (Å²) in [6, 6.07) is 4.54. The minimum absolute atomic E-state index is 0.0250. The highest BCUT2D eigenvalue weighted by Gasteiger charge is 2.14. The third-order valence-electron chi connectivity index (χ3n) is 2.30. The zero-order valence-corrected chi connectivity index (χ0v) is 8.51. The Bertz CT molecular complexity index is 366. The van der Waals surface area contributed by atoms with Crippen molar-refractivity contribution in [3.8, 4) is 0 Å². The van der Waals surface area contributed by atoms with Crippen molar-refractivity contribution in [1.29, 1.82) is 0 Å². The molecule has 3 N–H and O–H groups in total. The van der Waals surface area contributed by atoms with E-state index in [0.29, 0.717) is 17.5 Å². The summed E-state index contributed by atoms with van der Waals surface area (Å²) in [6.07, 6.45) is 0.403. The van der Waals surface area contributed by atoms with E-state index in [1.54, 1.807) is 19.1 Å². The van der Waals surface area contributed by atoms with E-state index in [0.717, 1.165) is 0 Å². The molecule has 0 spiro atoms. The van der Waals surface area contributed by atoms with Gasteiger partial charge in [0.25, 0.3) is 5.69 Å². The molecule has 1 unspecified atom stereocenters. The van der Waals surface area contributed by atoms with Gasteiger partial charge in [0, 0.05) is 24.3 Å². The third-order valence-corrected chi connectivity index (χ3v) is 2.30. The normalized spacial score (nSPS) is 12.5. The van der Waals surface area contributed by atoms with Crippen LogP contribution < -0.4 is 5.73 Å². The van der Waals surface area contributed by atoms with Gasteiger partial charge in [0.2, 0.25) is 0 Å². The molecule has 0 fully saturated rings. The summed E-state index contributed by atoms with van der Waals surface area (Å²) in [4.78, 5) is 10.2. The molecule has 0 amide bonds. The molecule has 1 aromatic rings. The van der Waals surface area contributed by atoms with Gasteiger partial charge in [-0.05, 0) is 18.9 Å². The maximum absolute atomic E-state index is 10.7. The molecular formula is C10H14N2O3. The van der Waals surface area contributed by atoms with Gasteiger partial charge in [-0.3, -0.25) is 10.1 Å². The van der Waals surface area contributed by atoms with Gasteiger partial charge in [-0.25, -0.2) is 0 Å². The lowest BCUT2D eigenvalue weighted by atomic mass is 10.0. The lowest BCUT2D eigenvalue weighted by molar-refractivity contribution is -0.385. The minimum atomic E-state index is -0.426. The van der Waals surface area contributed by atoms with Crippen LogP contribution in [0.3, 0.4) is 0 Å². The van der Waals surface area contributed by atoms with Crippen LogP contribution in [0.1, 0.15) is 23.6 Å². The molecule has 0 aliphatic carbocycles. The molecule has 1 atom stereocenters. The number of aliphatic hydroxyl groups excluding tert-OH is 1. The smallest absolute Gasteiger partial charge is 0.272 e. The summed E-state index contributed by atoms with van der Waals surface area (Å²) >= 11 is 0. The first-order valence-electron chi connectivity index (χ1n) is 4.67. The molecule has 0 saturated heterocycles. The standard InChI is InChI=1S/C10H14N2O3/c1-7-2-3-8(9(11)4-5-13)6-10(7)12(14)15/h2-3,6,9,13H,4-5,11H2,1H3. The number of hydrogen-bond donors (Lipinski definition) is 2. The maximum atomic E-state index is 10.7. The Morgan fingerprint density at radius 3 is 2.80 bits per heavy atom. The van der Waals surface area contributed by atoms with Gasteiger partial charge < -0.3 is 10.8 Å². The highest BCUT2D eigenvalue weighted by molar-refractivity contribution is 5.43. The van der Waals surface area contributed by atoms with Gasteiger partial charge >= 0.3 is 0 Å². The van der Waals surface area contributed by atoms with Crippen LogP contribution >= 0.6 is 0 Å². The number of benzene rings is 1. The molecule has 15 heavy (non-hydrogen) atoms. The molecule has 1 aromatic carbocycles. The van der Waals surface area contributed by atoms with Crippen LogP contribution in [-0.4, -0.2) is 16.6 Å². The largest absolute Gasteiger partial charge is 0.396 e. The Morgan fingerprint density at radius 1 is 1.60 bits per heavy atom. The molecule has 5 heteroatoms. The van der Waals surface area contributed by atoms with Crippen molar-refractivity contribution < 1.29 is 10.0 Å². The Hall–Kier alpha value is -1.46. The fraction of sp³-hybridized carbons (Fsp3) is 0.400. The average molecular weight is 210 g/mol. The summed E-state index contributed by atoms with van der Waals surface area (Å²) in [5.41, 5.74) is 7.11. The lowest BCUT2D eigenvalue weighted by Gasteiger charge is -2.10. The molecular weight excluding hydrogens is 196 g/mol. The molecule has 5 nitrogen and oxygen atoms in total. The van der Waals surface area contributed by atoms with Crippen molar-refractivity contribution in [3.63, 3.8) is 0 Å². The van der Waals surface area contributed by atoms with E-state index in [1.165, 1.54) is 6.07 Å². The SMILES string of the molecule is Cc1ccc(C(N)CCO)cc1[N+](=O)[O-]. The van der Waals surface area contributed by atoms with Crippen molar-refractivity contribution in [2.24, 2.45) is 5.73 Å². The zero-order chi connectivity index (χ0) is 11.4. The van der Waals surface area contributed by atoms with E-state index >= 15 is 0 Å². The van der Waals surface area contributed by atoms with Crippen molar-refractivity contribution in [3.05, 3.63) is 39.4 Å². The number of hydrogen-bond acceptors (Lipinski definition) is 4. The van der Waals surface area contributed by atoms with Gasteiger partial charge in [0.15, 0.2) is 0 Å². The van der Waals surface area contributed by atoms with E-state index in [-0.39, 0.29) is 18.3 Å². The van der Waals surface area contributed by atoms with Gasteiger partial charge in [-0.1, -0.05) is 12.1 Å². The second-order valence-corrected chi connectivity index (χ2v) is 3.42.